The van der Waals surface area contributed by atoms with E-state index in [1.165, 1.54) is 4.68 Å². The summed E-state index contributed by atoms with van der Waals surface area (Å²) in [6.45, 7) is 1.46. The monoisotopic (exact) mass is 353 g/mol. The fourth-order valence-electron chi connectivity index (χ4n) is 3.17. The van der Waals surface area contributed by atoms with E-state index in [1.807, 2.05) is 6.07 Å². The molecule has 0 radical (unpaired) electrons. The summed E-state index contributed by atoms with van der Waals surface area (Å²) in [4.78, 5) is 27.6. The summed E-state index contributed by atoms with van der Waals surface area (Å²) in [5.41, 5.74) is 0.638. The van der Waals surface area contributed by atoms with Crippen LogP contribution in [0.3, 0.4) is 0 Å². The molecule has 0 unspecified atom stereocenters. The van der Waals surface area contributed by atoms with Crippen molar-refractivity contribution in [2.24, 2.45) is 0 Å². The highest BCUT2D eigenvalue weighted by atomic mass is 35.5. The third-order valence-electron chi connectivity index (χ3n) is 4.47. The topological polar surface area (TPSA) is 55.2 Å². The molecule has 1 saturated heterocycles. The number of aromatic nitrogens is 2. The van der Waals surface area contributed by atoms with Crippen molar-refractivity contribution in [1.29, 1.82) is 0 Å². The maximum absolute atomic E-state index is 12.9. The summed E-state index contributed by atoms with van der Waals surface area (Å²) >= 11 is 5.93. The van der Waals surface area contributed by atoms with Gasteiger partial charge < -0.3 is 4.90 Å². The van der Waals surface area contributed by atoms with Gasteiger partial charge in [-0.2, -0.15) is 9.78 Å². The minimum Gasteiger partial charge on any atom is -0.337 e. The quantitative estimate of drug-likeness (QED) is 0.710. The first kappa shape index (κ1) is 15.8. The average molecular weight is 354 g/mol. The van der Waals surface area contributed by atoms with Crippen molar-refractivity contribution in [3.63, 3.8) is 0 Å². The zero-order valence-corrected chi connectivity index (χ0v) is 14.2. The Hall–Kier alpha value is -2.66. The normalized spacial score (nSPS) is 14.2. The second-order valence-electron chi connectivity index (χ2n) is 6.09. The summed E-state index contributed by atoms with van der Waals surface area (Å²) in [5, 5.41) is 6.06. The summed E-state index contributed by atoms with van der Waals surface area (Å²) in [6.07, 6.45) is 2.00. The highest BCUT2D eigenvalue weighted by molar-refractivity contribution is 6.30. The van der Waals surface area contributed by atoms with Gasteiger partial charge in [0.1, 0.15) is 0 Å². The Morgan fingerprint density at radius 3 is 2.28 bits per heavy atom. The number of hydrogen-bond donors (Lipinski definition) is 0. The van der Waals surface area contributed by atoms with Crippen LogP contribution in [0.5, 0.6) is 0 Å². The smallest absolute Gasteiger partial charge is 0.279 e. The first-order chi connectivity index (χ1) is 12.1. The molecule has 0 atom stereocenters. The van der Waals surface area contributed by atoms with Crippen LogP contribution in [0.25, 0.3) is 16.5 Å². The fourth-order valence-corrected chi connectivity index (χ4v) is 3.30. The van der Waals surface area contributed by atoms with E-state index in [4.69, 9.17) is 11.6 Å². The van der Waals surface area contributed by atoms with E-state index in [0.29, 0.717) is 27.2 Å². The Morgan fingerprint density at radius 1 is 0.960 bits per heavy atom. The van der Waals surface area contributed by atoms with E-state index in [2.05, 4.69) is 5.10 Å². The van der Waals surface area contributed by atoms with Gasteiger partial charge in [-0.15, -0.1) is 0 Å². The van der Waals surface area contributed by atoms with Gasteiger partial charge in [0.2, 0.25) is 0 Å². The molecule has 3 aromatic rings. The number of nitrogens with zero attached hydrogens (tertiary/aromatic N) is 3. The van der Waals surface area contributed by atoms with Gasteiger partial charge in [-0.1, -0.05) is 29.8 Å². The Kier molecular flexibility index (Phi) is 4.01. The molecule has 2 aromatic carbocycles. The summed E-state index contributed by atoms with van der Waals surface area (Å²) in [6, 6.07) is 13.9. The standard InChI is InChI=1S/C19H16ClN3O2/c20-13-7-9-14(10-8-13)23-18(24)16-6-2-1-5-15(16)17(21-23)19(25)22-11-3-4-12-22/h1-2,5-10H,3-4,11-12H2. The molecular formula is C19H16ClN3O2. The largest absolute Gasteiger partial charge is 0.337 e. The van der Waals surface area contributed by atoms with Crippen molar-refractivity contribution in [3.05, 3.63) is 69.6 Å². The molecule has 1 aromatic heterocycles. The van der Waals surface area contributed by atoms with Gasteiger partial charge in [0.15, 0.2) is 5.69 Å². The minimum absolute atomic E-state index is 0.128. The van der Waals surface area contributed by atoms with Crippen LogP contribution in [0.1, 0.15) is 23.3 Å². The van der Waals surface area contributed by atoms with E-state index in [1.54, 1.807) is 47.4 Å². The number of carbonyl (C=O) groups excluding carboxylic acids is 1. The maximum atomic E-state index is 12.9. The lowest BCUT2D eigenvalue weighted by Gasteiger charge is -2.17. The second kappa shape index (κ2) is 6.33. The Labute approximate surface area is 149 Å². The highest BCUT2D eigenvalue weighted by Gasteiger charge is 2.24. The molecule has 0 N–H and O–H groups in total. The lowest BCUT2D eigenvalue weighted by atomic mass is 10.1. The third-order valence-corrected chi connectivity index (χ3v) is 4.72. The number of carbonyl (C=O) groups is 1. The number of hydrogen-bond acceptors (Lipinski definition) is 3. The van der Waals surface area contributed by atoms with Crippen LogP contribution < -0.4 is 5.56 Å². The van der Waals surface area contributed by atoms with Crippen molar-refractivity contribution in [1.82, 2.24) is 14.7 Å². The van der Waals surface area contributed by atoms with Crippen LogP contribution in [0.15, 0.2) is 53.3 Å². The van der Waals surface area contributed by atoms with E-state index in [9.17, 15) is 9.59 Å². The highest BCUT2D eigenvalue weighted by Crippen LogP contribution is 2.19. The fraction of sp³-hybridized carbons (Fsp3) is 0.211. The number of fused-ring (bicyclic) bond motifs is 1. The van der Waals surface area contributed by atoms with Crippen LogP contribution in [-0.4, -0.2) is 33.7 Å². The molecule has 0 bridgehead atoms. The predicted molar refractivity (Wildman–Crippen MR) is 97.5 cm³/mol. The average Bonchev–Trinajstić information content (AvgIpc) is 3.17. The number of likely N-dealkylation sites (tertiary alicyclic amines) is 1. The molecule has 1 aliphatic rings. The zero-order chi connectivity index (χ0) is 17.4. The van der Waals surface area contributed by atoms with Gasteiger partial charge in [0, 0.05) is 23.5 Å². The first-order valence-corrected chi connectivity index (χ1v) is 8.60. The third kappa shape index (κ3) is 2.81. The van der Waals surface area contributed by atoms with Gasteiger partial charge in [-0.3, -0.25) is 9.59 Å². The molecule has 0 spiro atoms. The molecule has 6 heteroatoms. The zero-order valence-electron chi connectivity index (χ0n) is 13.5. The number of benzene rings is 2. The Morgan fingerprint density at radius 2 is 1.60 bits per heavy atom. The molecule has 1 fully saturated rings. The molecule has 0 aliphatic carbocycles. The lowest BCUT2D eigenvalue weighted by Crippen LogP contribution is -2.32. The summed E-state index contributed by atoms with van der Waals surface area (Å²) in [5.74, 6) is -0.128. The molecule has 25 heavy (non-hydrogen) atoms. The SMILES string of the molecule is O=C(c1nn(-c2ccc(Cl)cc2)c(=O)c2ccccc12)N1CCCC1. The van der Waals surface area contributed by atoms with Gasteiger partial charge >= 0.3 is 0 Å². The van der Waals surface area contributed by atoms with Crippen LogP contribution in [0, 0.1) is 0 Å². The van der Waals surface area contributed by atoms with Crippen molar-refractivity contribution in [2.45, 2.75) is 12.8 Å². The maximum Gasteiger partial charge on any atom is 0.279 e. The first-order valence-electron chi connectivity index (χ1n) is 8.22. The van der Waals surface area contributed by atoms with Crippen LogP contribution in [-0.2, 0) is 0 Å². The molecule has 4 rings (SSSR count). The van der Waals surface area contributed by atoms with E-state index >= 15 is 0 Å². The number of halogens is 1. The van der Waals surface area contributed by atoms with Gasteiger partial charge in [-0.05, 0) is 43.2 Å². The molecule has 2 heterocycles. The molecular weight excluding hydrogens is 338 g/mol. The van der Waals surface area contributed by atoms with E-state index in [-0.39, 0.29) is 11.5 Å². The minimum atomic E-state index is -0.254. The Balaban J connectivity index is 1.95. The summed E-state index contributed by atoms with van der Waals surface area (Å²) < 4.78 is 1.28. The lowest BCUT2D eigenvalue weighted by molar-refractivity contribution is 0.0787. The van der Waals surface area contributed by atoms with Gasteiger partial charge in [0.25, 0.3) is 11.5 Å². The number of rotatable bonds is 2. The molecule has 126 valence electrons. The van der Waals surface area contributed by atoms with Crippen molar-refractivity contribution in [3.8, 4) is 5.69 Å². The van der Waals surface area contributed by atoms with Gasteiger partial charge in [-0.25, -0.2) is 0 Å². The second-order valence-corrected chi connectivity index (χ2v) is 6.52. The van der Waals surface area contributed by atoms with E-state index in [0.717, 1.165) is 25.9 Å². The van der Waals surface area contributed by atoms with Crippen molar-refractivity contribution < 1.29 is 4.79 Å². The molecule has 1 amide bonds. The molecule has 5 nitrogen and oxygen atoms in total. The van der Waals surface area contributed by atoms with Crippen molar-refractivity contribution >= 4 is 28.3 Å². The van der Waals surface area contributed by atoms with Crippen molar-refractivity contribution in [2.75, 3.05) is 13.1 Å². The molecule has 0 saturated carbocycles. The predicted octanol–water partition coefficient (Wildman–Crippen LogP) is 3.28. The Bertz CT molecular complexity index is 1010. The van der Waals surface area contributed by atoms with Crippen LogP contribution >= 0.6 is 11.6 Å². The van der Waals surface area contributed by atoms with Crippen LogP contribution in [0.4, 0.5) is 0 Å². The van der Waals surface area contributed by atoms with E-state index < -0.39 is 0 Å². The van der Waals surface area contributed by atoms with Gasteiger partial charge in [0.05, 0.1) is 11.1 Å². The van der Waals surface area contributed by atoms with Crippen LogP contribution in [0.2, 0.25) is 5.02 Å². The summed E-state index contributed by atoms with van der Waals surface area (Å²) in [7, 11) is 0. The molecule has 1 aliphatic heterocycles. The number of amides is 1.